The number of halogens is 1. The van der Waals surface area contributed by atoms with Crippen molar-refractivity contribution in [2.45, 2.75) is 73.1 Å². The Morgan fingerprint density at radius 3 is 1.36 bits per heavy atom. The first-order chi connectivity index (χ1) is 23.7. The molecule has 6 rings (SSSR count). The second-order valence-electron chi connectivity index (χ2n) is 15.6. The molecule has 0 heterocycles. The Labute approximate surface area is 305 Å². The Morgan fingerprint density at radius 1 is 0.420 bits per heavy atom. The van der Waals surface area contributed by atoms with E-state index < -0.39 is 0 Å². The number of anilines is 6. The van der Waals surface area contributed by atoms with Gasteiger partial charge in [0.15, 0.2) is 0 Å². The SMILES string of the molecule is Cc1ccc(N(c2ccc(C(C)(C)C)cc2)c2cc(C)cc(N(c3ccc(C)cc3)c3ccc(C(C)(C)C)cc3-c3ccccc3)c2Cl)cc1. The molecule has 0 amide bonds. The first-order valence-electron chi connectivity index (χ1n) is 17.5. The Bertz CT molecular complexity index is 2080. The Balaban J connectivity index is 1.63. The molecule has 0 atom stereocenters. The van der Waals surface area contributed by atoms with Gasteiger partial charge in [-0.25, -0.2) is 0 Å². The van der Waals surface area contributed by atoms with Crippen molar-refractivity contribution in [2.75, 3.05) is 9.80 Å². The van der Waals surface area contributed by atoms with E-state index in [9.17, 15) is 0 Å². The second-order valence-corrected chi connectivity index (χ2v) is 16.0. The first kappa shape index (κ1) is 35.1. The molecule has 6 aromatic rings. The maximum atomic E-state index is 7.76. The zero-order chi connectivity index (χ0) is 35.8. The molecule has 0 aliphatic carbocycles. The minimum atomic E-state index is -0.0119. The van der Waals surface area contributed by atoms with E-state index >= 15 is 0 Å². The summed E-state index contributed by atoms with van der Waals surface area (Å²) in [4.78, 5) is 4.63. The van der Waals surface area contributed by atoms with Crippen molar-refractivity contribution in [1.82, 2.24) is 0 Å². The summed E-state index contributed by atoms with van der Waals surface area (Å²) in [5.41, 5.74) is 14.6. The summed E-state index contributed by atoms with van der Waals surface area (Å²) < 4.78 is 0. The van der Waals surface area contributed by atoms with Crippen molar-refractivity contribution in [1.29, 1.82) is 0 Å². The van der Waals surface area contributed by atoms with Gasteiger partial charge < -0.3 is 9.80 Å². The molecule has 2 nitrogen and oxygen atoms in total. The predicted molar refractivity (Wildman–Crippen MR) is 218 cm³/mol. The van der Waals surface area contributed by atoms with Gasteiger partial charge in [0.2, 0.25) is 0 Å². The number of aryl methyl sites for hydroxylation is 3. The third-order valence-electron chi connectivity index (χ3n) is 9.42. The van der Waals surface area contributed by atoms with Crippen LogP contribution < -0.4 is 9.80 Å². The second kappa shape index (κ2) is 13.8. The highest BCUT2D eigenvalue weighted by atomic mass is 35.5. The van der Waals surface area contributed by atoms with Gasteiger partial charge in [-0.3, -0.25) is 0 Å². The van der Waals surface area contributed by atoms with Gasteiger partial charge in [-0.05, 0) is 115 Å². The van der Waals surface area contributed by atoms with E-state index in [1.165, 1.54) is 22.3 Å². The van der Waals surface area contributed by atoms with Crippen molar-refractivity contribution in [2.24, 2.45) is 0 Å². The van der Waals surface area contributed by atoms with Gasteiger partial charge in [0.1, 0.15) is 0 Å². The van der Waals surface area contributed by atoms with Gasteiger partial charge in [0.05, 0.1) is 22.1 Å². The van der Waals surface area contributed by atoms with Gasteiger partial charge in [0.25, 0.3) is 0 Å². The van der Waals surface area contributed by atoms with Gasteiger partial charge >= 0.3 is 0 Å². The highest BCUT2D eigenvalue weighted by molar-refractivity contribution is 6.36. The maximum absolute atomic E-state index is 7.76. The topological polar surface area (TPSA) is 6.48 Å². The number of hydrogen-bond acceptors (Lipinski definition) is 2. The zero-order valence-corrected chi connectivity index (χ0v) is 31.7. The molecular weight excluding hydrogens is 628 g/mol. The van der Waals surface area contributed by atoms with Gasteiger partial charge in [-0.15, -0.1) is 0 Å². The summed E-state index contributed by atoms with van der Waals surface area (Å²) >= 11 is 7.76. The van der Waals surface area contributed by atoms with Crippen LogP contribution in [-0.4, -0.2) is 0 Å². The van der Waals surface area contributed by atoms with Crippen LogP contribution in [0.1, 0.15) is 69.4 Å². The number of hydrogen-bond donors (Lipinski definition) is 0. The van der Waals surface area contributed by atoms with Crippen LogP contribution in [0, 0.1) is 20.8 Å². The molecule has 0 aliphatic heterocycles. The van der Waals surface area contributed by atoms with Crippen LogP contribution in [-0.2, 0) is 10.8 Å². The lowest BCUT2D eigenvalue weighted by molar-refractivity contribution is 0.590. The van der Waals surface area contributed by atoms with Gasteiger partial charge in [-0.1, -0.05) is 137 Å². The zero-order valence-electron chi connectivity index (χ0n) is 31.0. The Kier molecular flexibility index (Phi) is 9.71. The molecular formula is C47H49ClN2. The molecule has 0 bridgehead atoms. The smallest absolute Gasteiger partial charge is 0.0887 e. The van der Waals surface area contributed by atoms with Gasteiger partial charge in [-0.2, -0.15) is 0 Å². The molecule has 6 aromatic carbocycles. The van der Waals surface area contributed by atoms with E-state index in [1.807, 2.05) is 0 Å². The van der Waals surface area contributed by atoms with Crippen molar-refractivity contribution in [3.63, 3.8) is 0 Å². The lowest BCUT2D eigenvalue weighted by atomic mass is 9.84. The highest BCUT2D eigenvalue weighted by Crippen LogP contribution is 2.50. The quantitative estimate of drug-likeness (QED) is 0.166. The fourth-order valence-electron chi connectivity index (χ4n) is 6.44. The van der Waals surface area contributed by atoms with E-state index in [1.54, 1.807) is 0 Å². The van der Waals surface area contributed by atoms with Crippen molar-refractivity contribution >= 4 is 45.7 Å². The minimum Gasteiger partial charge on any atom is -0.309 e. The van der Waals surface area contributed by atoms with Crippen molar-refractivity contribution in [3.8, 4) is 11.1 Å². The van der Waals surface area contributed by atoms with Crippen molar-refractivity contribution in [3.05, 3.63) is 166 Å². The molecule has 3 heteroatoms. The Hall–Kier alpha value is -4.79. The van der Waals surface area contributed by atoms with E-state index in [0.29, 0.717) is 5.02 Å². The van der Waals surface area contributed by atoms with Gasteiger partial charge in [0, 0.05) is 22.6 Å². The molecule has 0 spiro atoms. The van der Waals surface area contributed by atoms with Crippen LogP contribution in [0.25, 0.3) is 11.1 Å². The van der Waals surface area contributed by atoms with Crippen LogP contribution in [0.4, 0.5) is 34.1 Å². The molecule has 0 saturated heterocycles. The third-order valence-corrected chi connectivity index (χ3v) is 9.81. The molecule has 0 aliphatic rings. The predicted octanol–water partition coefficient (Wildman–Crippen LogP) is 14.5. The number of nitrogens with zero attached hydrogens (tertiary/aromatic N) is 2. The summed E-state index contributed by atoms with van der Waals surface area (Å²) in [6, 6.07) is 48.4. The Morgan fingerprint density at radius 2 is 0.860 bits per heavy atom. The third kappa shape index (κ3) is 7.37. The summed E-state index contributed by atoms with van der Waals surface area (Å²) in [6.07, 6.45) is 0. The van der Waals surface area contributed by atoms with Crippen LogP contribution >= 0.6 is 11.6 Å². The summed E-state index contributed by atoms with van der Waals surface area (Å²) in [5, 5.41) is 0.676. The fraction of sp³-hybridized carbons (Fsp3) is 0.234. The first-order valence-corrected chi connectivity index (χ1v) is 17.9. The van der Waals surface area contributed by atoms with E-state index in [0.717, 1.165) is 50.8 Å². The average molecular weight is 677 g/mol. The number of benzene rings is 6. The monoisotopic (exact) mass is 676 g/mol. The molecule has 50 heavy (non-hydrogen) atoms. The summed E-state index contributed by atoms with van der Waals surface area (Å²) in [6.45, 7) is 20.0. The molecule has 0 aromatic heterocycles. The average Bonchev–Trinajstić information content (AvgIpc) is 3.08. The number of rotatable bonds is 7. The summed E-state index contributed by atoms with van der Waals surface area (Å²) in [7, 11) is 0. The highest BCUT2D eigenvalue weighted by Gasteiger charge is 2.26. The summed E-state index contributed by atoms with van der Waals surface area (Å²) in [5.74, 6) is 0. The maximum Gasteiger partial charge on any atom is 0.0887 e. The van der Waals surface area contributed by atoms with E-state index in [-0.39, 0.29) is 10.8 Å². The van der Waals surface area contributed by atoms with Crippen LogP contribution in [0.2, 0.25) is 5.02 Å². The lowest BCUT2D eigenvalue weighted by Gasteiger charge is -2.33. The minimum absolute atomic E-state index is 0.0119. The van der Waals surface area contributed by atoms with Crippen LogP contribution in [0.15, 0.2) is 133 Å². The fourth-order valence-corrected chi connectivity index (χ4v) is 6.71. The molecule has 0 radical (unpaired) electrons. The molecule has 0 fully saturated rings. The van der Waals surface area contributed by atoms with Crippen LogP contribution in [0.3, 0.4) is 0 Å². The molecule has 0 saturated carbocycles. The van der Waals surface area contributed by atoms with Crippen LogP contribution in [0.5, 0.6) is 0 Å². The molecule has 254 valence electrons. The largest absolute Gasteiger partial charge is 0.309 e. The van der Waals surface area contributed by atoms with E-state index in [4.69, 9.17) is 11.6 Å². The normalized spacial score (nSPS) is 11.8. The molecule has 0 unspecified atom stereocenters. The van der Waals surface area contributed by atoms with Crippen molar-refractivity contribution < 1.29 is 0 Å². The lowest BCUT2D eigenvalue weighted by Crippen LogP contribution is -2.17. The molecule has 0 N–H and O–H groups in total. The van der Waals surface area contributed by atoms with E-state index in [2.05, 4.69) is 206 Å². The standard InChI is InChI=1S/C47H49ClN2/c1-32-15-22-38(23-16-32)49(39-26-19-36(20-27-39)46(4,5)6)43-29-34(3)30-44(45(43)48)50(40-24-17-33(2)18-25-40)42-28-21-37(47(7,8)9)31-41(42)35-13-11-10-12-14-35/h10-31H,1-9H3.